The zero-order valence-corrected chi connectivity index (χ0v) is 11.5. The molecule has 0 saturated carbocycles. The summed E-state index contributed by atoms with van der Waals surface area (Å²) in [5.74, 6) is 0.831. The van der Waals surface area contributed by atoms with Crippen molar-refractivity contribution in [3.05, 3.63) is 34.9 Å². The van der Waals surface area contributed by atoms with Crippen LogP contribution in [0.5, 0.6) is 0 Å². The van der Waals surface area contributed by atoms with Crippen molar-refractivity contribution >= 4 is 0 Å². The van der Waals surface area contributed by atoms with Crippen LogP contribution < -0.4 is 5.32 Å². The first-order valence-corrected chi connectivity index (χ1v) is 7.87. The Morgan fingerprint density at radius 2 is 2.00 bits per heavy atom. The van der Waals surface area contributed by atoms with E-state index >= 15 is 0 Å². The lowest BCUT2D eigenvalue weighted by atomic mass is 9.84. The largest absolute Gasteiger partial charge is 0.381 e. The summed E-state index contributed by atoms with van der Waals surface area (Å²) in [5.41, 5.74) is 4.94. The van der Waals surface area contributed by atoms with Crippen LogP contribution in [0.3, 0.4) is 0 Å². The van der Waals surface area contributed by atoms with Crippen LogP contribution in [0.1, 0.15) is 60.8 Å². The monoisotopic (exact) mass is 257 g/mol. The lowest BCUT2D eigenvalue weighted by molar-refractivity contribution is 0.0746. The molecule has 1 N–H and O–H groups in total. The highest BCUT2D eigenvalue weighted by atomic mass is 16.5. The van der Waals surface area contributed by atoms with Gasteiger partial charge in [-0.2, -0.15) is 0 Å². The summed E-state index contributed by atoms with van der Waals surface area (Å²) in [4.78, 5) is 0. The molecule has 2 nitrogen and oxygen atoms in total. The van der Waals surface area contributed by atoms with Crippen molar-refractivity contribution in [2.24, 2.45) is 0 Å². The molecule has 102 valence electrons. The number of nitrogens with one attached hydrogen (secondary N) is 1. The number of hydrogen-bond donors (Lipinski definition) is 1. The van der Waals surface area contributed by atoms with Gasteiger partial charge in [-0.05, 0) is 61.1 Å². The average Bonchev–Trinajstić information content (AvgIpc) is 2.81. The van der Waals surface area contributed by atoms with E-state index in [1.54, 1.807) is 16.7 Å². The molecule has 2 atom stereocenters. The van der Waals surface area contributed by atoms with Gasteiger partial charge in [0.2, 0.25) is 0 Å². The van der Waals surface area contributed by atoms with Crippen LogP contribution in [0.4, 0.5) is 0 Å². The van der Waals surface area contributed by atoms with Crippen molar-refractivity contribution < 1.29 is 4.74 Å². The smallest absolute Gasteiger partial charge is 0.0480 e. The second-order valence-electron chi connectivity index (χ2n) is 6.35. The maximum Gasteiger partial charge on any atom is 0.0480 e. The predicted octanol–water partition coefficient (Wildman–Crippen LogP) is 3.32. The maximum absolute atomic E-state index is 5.47. The van der Waals surface area contributed by atoms with E-state index in [1.165, 1.54) is 38.5 Å². The lowest BCUT2D eigenvalue weighted by Crippen LogP contribution is -2.36. The van der Waals surface area contributed by atoms with Gasteiger partial charge in [0.15, 0.2) is 0 Å². The zero-order chi connectivity index (χ0) is 12.7. The summed E-state index contributed by atoms with van der Waals surface area (Å²) in [5, 5.41) is 3.91. The first kappa shape index (κ1) is 11.9. The highest BCUT2D eigenvalue weighted by molar-refractivity contribution is 5.45. The van der Waals surface area contributed by atoms with Gasteiger partial charge in [0.1, 0.15) is 0 Å². The van der Waals surface area contributed by atoms with Crippen LogP contribution in [0.25, 0.3) is 0 Å². The number of hydrogen-bond acceptors (Lipinski definition) is 2. The van der Waals surface area contributed by atoms with Crippen molar-refractivity contribution in [3.63, 3.8) is 0 Å². The van der Waals surface area contributed by atoms with Gasteiger partial charge in [0, 0.05) is 25.3 Å². The molecular weight excluding hydrogens is 234 g/mol. The molecule has 2 heteroatoms. The molecule has 0 spiro atoms. The fourth-order valence-corrected chi connectivity index (χ4v) is 4.29. The first-order chi connectivity index (χ1) is 9.42. The Balaban J connectivity index is 1.58. The Labute approximate surface area is 115 Å². The third-order valence-electron chi connectivity index (χ3n) is 5.19. The Morgan fingerprint density at radius 3 is 2.89 bits per heavy atom. The molecule has 0 bridgehead atoms. The maximum atomic E-state index is 5.47. The predicted molar refractivity (Wildman–Crippen MR) is 76.5 cm³/mol. The fraction of sp³-hybridized carbons (Fsp3) is 0.647. The summed E-state index contributed by atoms with van der Waals surface area (Å²) >= 11 is 0. The van der Waals surface area contributed by atoms with Crippen LogP contribution >= 0.6 is 0 Å². The Morgan fingerprint density at radius 1 is 1.11 bits per heavy atom. The second-order valence-corrected chi connectivity index (χ2v) is 6.35. The van der Waals surface area contributed by atoms with Gasteiger partial charge in [-0.1, -0.05) is 18.2 Å². The van der Waals surface area contributed by atoms with Crippen LogP contribution in [0.2, 0.25) is 0 Å². The highest BCUT2D eigenvalue weighted by Crippen LogP contribution is 2.47. The van der Waals surface area contributed by atoms with E-state index in [-0.39, 0.29) is 0 Å². The molecule has 1 fully saturated rings. The molecule has 2 aliphatic carbocycles. The van der Waals surface area contributed by atoms with Crippen molar-refractivity contribution in [2.75, 3.05) is 13.2 Å². The standard InChI is InChI=1S/C17H23NO/c1-3-12-4-2-6-15-16(11-13(5-1)17(12)15)18-14-7-9-19-10-8-14/h2,4,6,13-14,16,18H,1,3,5,7-11H2. The topological polar surface area (TPSA) is 21.3 Å². The molecule has 3 aliphatic rings. The van der Waals surface area contributed by atoms with Gasteiger partial charge >= 0.3 is 0 Å². The molecule has 19 heavy (non-hydrogen) atoms. The van der Waals surface area contributed by atoms with Crippen molar-refractivity contribution in [3.8, 4) is 0 Å². The molecule has 0 amide bonds. The van der Waals surface area contributed by atoms with Crippen molar-refractivity contribution in [1.29, 1.82) is 0 Å². The Hall–Kier alpha value is -0.860. The van der Waals surface area contributed by atoms with Crippen LogP contribution in [0, 0.1) is 0 Å². The summed E-state index contributed by atoms with van der Waals surface area (Å²) < 4.78 is 5.47. The molecule has 4 rings (SSSR count). The first-order valence-electron chi connectivity index (χ1n) is 7.87. The molecular formula is C17H23NO. The number of rotatable bonds is 2. The van der Waals surface area contributed by atoms with Gasteiger partial charge in [-0.25, -0.2) is 0 Å². The minimum Gasteiger partial charge on any atom is -0.381 e. The summed E-state index contributed by atoms with van der Waals surface area (Å²) in [6.07, 6.45) is 7.75. The fourth-order valence-electron chi connectivity index (χ4n) is 4.29. The van der Waals surface area contributed by atoms with E-state index in [9.17, 15) is 0 Å². The summed E-state index contributed by atoms with van der Waals surface area (Å²) in [6.45, 7) is 1.86. The molecule has 1 saturated heterocycles. The van der Waals surface area contributed by atoms with Gasteiger partial charge in [-0.15, -0.1) is 0 Å². The van der Waals surface area contributed by atoms with Crippen molar-refractivity contribution in [2.45, 2.75) is 56.5 Å². The molecule has 1 aliphatic heterocycles. The van der Waals surface area contributed by atoms with Gasteiger partial charge in [0.25, 0.3) is 0 Å². The number of benzene rings is 1. The lowest BCUT2D eigenvalue weighted by Gasteiger charge is -2.27. The molecule has 1 aromatic carbocycles. The van der Waals surface area contributed by atoms with E-state index < -0.39 is 0 Å². The Kier molecular flexibility index (Phi) is 3.08. The van der Waals surface area contributed by atoms with Gasteiger partial charge in [0.05, 0.1) is 0 Å². The van der Waals surface area contributed by atoms with Crippen LogP contribution in [0.15, 0.2) is 18.2 Å². The third kappa shape index (κ3) is 2.11. The van der Waals surface area contributed by atoms with E-state index in [0.717, 1.165) is 19.1 Å². The zero-order valence-electron chi connectivity index (χ0n) is 11.5. The SMILES string of the molecule is c1cc2c3c(c1)C(NC1CCOCC1)CC3CCC2. The van der Waals surface area contributed by atoms with E-state index in [0.29, 0.717) is 12.1 Å². The number of ether oxygens (including phenoxy) is 1. The van der Waals surface area contributed by atoms with Crippen LogP contribution in [-0.2, 0) is 11.2 Å². The molecule has 2 unspecified atom stereocenters. The normalized spacial score (nSPS) is 30.3. The van der Waals surface area contributed by atoms with E-state index in [4.69, 9.17) is 4.74 Å². The van der Waals surface area contributed by atoms with Gasteiger partial charge < -0.3 is 10.1 Å². The van der Waals surface area contributed by atoms with Crippen LogP contribution in [-0.4, -0.2) is 19.3 Å². The summed E-state index contributed by atoms with van der Waals surface area (Å²) in [7, 11) is 0. The third-order valence-corrected chi connectivity index (χ3v) is 5.19. The van der Waals surface area contributed by atoms with E-state index in [2.05, 4.69) is 23.5 Å². The van der Waals surface area contributed by atoms with Crippen molar-refractivity contribution in [1.82, 2.24) is 5.32 Å². The molecule has 0 aromatic heterocycles. The quantitative estimate of drug-likeness (QED) is 0.877. The second kappa shape index (κ2) is 4.92. The Bertz CT molecular complexity index is 464. The average molecular weight is 257 g/mol. The molecule has 1 heterocycles. The highest BCUT2D eigenvalue weighted by Gasteiger charge is 2.35. The minimum absolute atomic E-state index is 0.598. The minimum atomic E-state index is 0.598. The number of aryl methyl sites for hydroxylation is 1. The summed E-state index contributed by atoms with van der Waals surface area (Å²) in [6, 6.07) is 8.24. The molecule has 1 aromatic rings. The van der Waals surface area contributed by atoms with E-state index in [1.807, 2.05) is 0 Å². The molecule has 0 radical (unpaired) electrons. The van der Waals surface area contributed by atoms with Gasteiger partial charge in [-0.3, -0.25) is 0 Å².